The molecule has 15 heavy (non-hydrogen) atoms. The predicted molar refractivity (Wildman–Crippen MR) is 69.0 cm³/mol. The minimum atomic E-state index is 0.313. The van der Waals surface area contributed by atoms with Crippen LogP contribution in [0.25, 0.3) is 6.08 Å². The fourth-order valence-corrected chi connectivity index (χ4v) is 2.31. The lowest BCUT2D eigenvalue weighted by molar-refractivity contribution is 0.312. The Kier molecular flexibility index (Phi) is 3.73. The molecular weight excluding hydrogens is 180 g/mol. The topological polar surface area (TPSA) is 0 Å². The Bertz CT molecular complexity index is 328. The molecule has 0 saturated carbocycles. The van der Waals surface area contributed by atoms with E-state index in [2.05, 4.69) is 58.5 Å². The molecule has 0 aromatic heterocycles. The highest BCUT2D eigenvalue weighted by Crippen LogP contribution is 2.39. The first-order valence-electron chi connectivity index (χ1n) is 5.72. The summed E-state index contributed by atoms with van der Waals surface area (Å²) in [5, 5.41) is 0. The van der Waals surface area contributed by atoms with E-state index in [0.717, 1.165) is 0 Å². The number of hydrogen-bond acceptors (Lipinski definition) is 0. The summed E-state index contributed by atoms with van der Waals surface area (Å²) >= 11 is 0. The zero-order valence-corrected chi connectivity index (χ0v) is 10.4. The summed E-state index contributed by atoms with van der Waals surface area (Å²) in [6, 6.07) is 8.58. The lowest BCUT2D eigenvalue weighted by atomic mass is 9.74. The number of hydrogen-bond donors (Lipinski definition) is 0. The van der Waals surface area contributed by atoms with Crippen LogP contribution in [0.4, 0.5) is 0 Å². The van der Waals surface area contributed by atoms with Crippen LogP contribution in [0.3, 0.4) is 0 Å². The van der Waals surface area contributed by atoms with Crippen LogP contribution in [0.2, 0.25) is 0 Å². The maximum absolute atomic E-state index is 3.89. The first kappa shape index (κ1) is 12.0. The highest BCUT2D eigenvalue weighted by molar-refractivity contribution is 5.53. The van der Waals surface area contributed by atoms with E-state index < -0.39 is 0 Å². The summed E-state index contributed by atoms with van der Waals surface area (Å²) in [5.41, 5.74) is 3.02. The molecule has 82 valence electrons. The van der Waals surface area contributed by atoms with Crippen LogP contribution in [0.5, 0.6) is 0 Å². The average Bonchev–Trinajstić information content (AvgIpc) is 2.17. The molecule has 0 aliphatic heterocycles. The van der Waals surface area contributed by atoms with Gasteiger partial charge in [0.15, 0.2) is 0 Å². The fourth-order valence-electron chi connectivity index (χ4n) is 2.31. The largest absolute Gasteiger partial charge is 0.0985 e. The molecule has 0 N–H and O–H groups in total. The Morgan fingerprint density at radius 2 is 1.87 bits per heavy atom. The van der Waals surface area contributed by atoms with E-state index in [4.69, 9.17) is 0 Å². The van der Waals surface area contributed by atoms with Gasteiger partial charge < -0.3 is 0 Å². The van der Waals surface area contributed by atoms with Crippen LogP contribution in [0.15, 0.2) is 30.8 Å². The molecule has 0 aliphatic rings. The molecule has 0 aliphatic carbocycles. The van der Waals surface area contributed by atoms with Crippen molar-refractivity contribution < 1.29 is 0 Å². The molecule has 1 aromatic carbocycles. The monoisotopic (exact) mass is 202 g/mol. The van der Waals surface area contributed by atoms with Crippen LogP contribution in [-0.2, 0) is 0 Å². The van der Waals surface area contributed by atoms with E-state index >= 15 is 0 Å². The van der Waals surface area contributed by atoms with Crippen molar-refractivity contribution in [2.45, 2.75) is 40.0 Å². The van der Waals surface area contributed by atoms with Gasteiger partial charge in [0.1, 0.15) is 0 Å². The highest BCUT2D eigenvalue weighted by Gasteiger charge is 2.25. The second kappa shape index (κ2) is 4.65. The first-order chi connectivity index (χ1) is 7.00. The van der Waals surface area contributed by atoms with Gasteiger partial charge in [0, 0.05) is 0 Å². The van der Waals surface area contributed by atoms with Crippen LogP contribution in [0.1, 0.15) is 51.2 Å². The summed E-state index contributed by atoms with van der Waals surface area (Å²) in [7, 11) is 0. The molecule has 0 radical (unpaired) electrons. The van der Waals surface area contributed by atoms with Gasteiger partial charge in [-0.3, -0.25) is 0 Å². The number of benzene rings is 1. The van der Waals surface area contributed by atoms with Crippen LogP contribution in [-0.4, -0.2) is 0 Å². The van der Waals surface area contributed by atoms with E-state index in [1.165, 1.54) is 17.5 Å². The maximum atomic E-state index is 3.89. The lowest BCUT2D eigenvalue weighted by Crippen LogP contribution is -2.18. The Morgan fingerprint density at radius 1 is 1.27 bits per heavy atom. The third-order valence-electron chi connectivity index (χ3n) is 3.04. The summed E-state index contributed by atoms with van der Waals surface area (Å²) in [5.74, 6) is 0.603. The van der Waals surface area contributed by atoms with E-state index in [-0.39, 0.29) is 0 Å². The molecule has 0 heterocycles. The van der Waals surface area contributed by atoms with E-state index in [9.17, 15) is 0 Å². The lowest BCUT2D eigenvalue weighted by Gasteiger charge is -2.31. The molecule has 1 atom stereocenters. The minimum absolute atomic E-state index is 0.313. The molecule has 0 bridgehead atoms. The maximum Gasteiger partial charge on any atom is -0.0110 e. The second-order valence-electron chi connectivity index (χ2n) is 5.16. The van der Waals surface area contributed by atoms with Gasteiger partial charge in [-0.15, -0.1) is 0 Å². The number of rotatable bonds is 3. The standard InChI is InChI=1S/C15H22/c1-6-12-10-8-9-11-13(12)14(7-2)15(3,4)5/h6,8-11,14H,1,7H2,2-5H3. The normalized spacial score (nSPS) is 13.6. The average molecular weight is 202 g/mol. The molecule has 1 aromatic rings. The van der Waals surface area contributed by atoms with Gasteiger partial charge in [0.2, 0.25) is 0 Å². The molecule has 0 heteroatoms. The molecule has 0 amide bonds. The quantitative estimate of drug-likeness (QED) is 0.656. The Hall–Kier alpha value is -1.04. The van der Waals surface area contributed by atoms with Gasteiger partial charge in [-0.05, 0) is 28.9 Å². The van der Waals surface area contributed by atoms with E-state index in [1.807, 2.05) is 6.08 Å². The van der Waals surface area contributed by atoms with Crippen LogP contribution >= 0.6 is 0 Å². The third kappa shape index (κ3) is 2.71. The summed E-state index contributed by atoms with van der Waals surface area (Å²) in [6.45, 7) is 13.1. The molecule has 1 rings (SSSR count). The SMILES string of the molecule is C=Cc1ccccc1C(CC)C(C)(C)C. The van der Waals surface area contributed by atoms with E-state index in [0.29, 0.717) is 11.3 Å². The second-order valence-corrected chi connectivity index (χ2v) is 5.16. The molecule has 0 spiro atoms. The minimum Gasteiger partial charge on any atom is -0.0985 e. The zero-order valence-electron chi connectivity index (χ0n) is 10.4. The molecule has 1 unspecified atom stereocenters. The van der Waals surface area contributed by atoms with Gasteiger partial charge >= 0.3 is 0 Å². The third-order valence-corrected chi connectivity index (χ3v) is 3.04. The van der Waals surface area contributed by atoms with Crippen molar-refractivity contribution in [3.8, 4) is 0 Å². The zero-order chi connectivity index (χ0) is 11.5. The molecule has 0 fully saturated rings. The van der Waals surface area contributed by atoms with Crippen LogP contribution in [0, 0.1) is 5.41 Å². The van der Waals surface area contributed by atoms with E-state index in [1.54, 1.807) is 0 Å². The summed E-state index contributed by atoms with van der Waals surface area (Å²) in [6.07, 6.45) is 3.14. The molecule has 0 saturated heterocycles. The van der Waals surface area contributed by atoms with Crippen molar-refractivity contribution in [1.29, 1.82) is 0 Å². The van der Waals surface area contributed by atoms with Crippen molar-refractivity contribution in [1.82, 2.24) is 0 Å². The molecule has 0 nitrogen and oxygen atoms in total. The van der Waals surface area contributed by atoms with Gasteiger partial charge in [-0.1, -0.05) is 64.6 Å². The van der Waals surface area contributed by atoms with Crippen molar-refractivity contribution in [2.75, 3.05) is 0 Å². The van der Waals surface area contributed by atoms with Gasteiger partial charge in [0.05, 0.1) is 0 Å². The summed E-state index contributed by atoms with van der Waals surface area (Å²) < 4.78 is 0. The van der Waals surface area contributed by atoms with Gasteiger partial charge in [-0.2, -0.15) is 0 Å². The highest BCUT2D eigenvalue weighted by atomic mass is 14.3. The predicted octanol–water partition coefficient (Wildman–Crippen LogP) is 4.87. The fraction of sp³-hybridized carbons (Fsp3) is 0.467. The van der Waals surface area contributed by atoms with Crippen LogP contribution < -0.4 is 0 Å². The molecular formula is C15H22. The Morgan fingerprint density at radius 3 is 2.33 bits per heavy atom. The van der Waals surface area contributed by atoms with Gasteiger partial charge in [0.25, 0.3) is 0 Å². The van der Waals surface area contributed by atoms with Crippen molar-refractivity contribution in [3.63, 3.8) is 0 Å². The first-order valence-corrected chi connectivity index (χ1v) is 5.72. The van der Waals surface area contributed by atoms with Gasteiger partial charge in [-0.25, -0.2) is 0 Å². The smallest absolute Gasteiger partial charge is 0.0110 e. The Labute approximate surface area is 94.0 Å². The van der Waals surface area contributed by atoms with Crippen molar-refractivity contribution in [3.05, 3.63) is 42.0 Å². The Balaban J connectivity index is 3.17. The van der Waals surface area contributed by atoms with Crippen molar-refractivity contribution in [2.24, 2.45) is 5.41 Å². The summed E-state index contributed by atoms with van der Waals surface area (Å²) in [4.78, 5) is 0. The van der Waals surface area contributed by atoms with Crippen molar-refractivity contribution >= 4 is 6.08 Å².